The van der Waals surface area contributed by atoms with Crippen molar-refractivity contribution >= 4 is 43.3 Å². The number of nitrogens with one attached hydrogen (secondary N) is 1. The highest BCUT2D eigenvalue weighted by Crippen LogP contribution is 2.29. The van der Waals surface area contributed by atoms with Crippen molar-refractivity contribution in [3.63, 3.8) is 0 Å². The number of likely N-dealkylation sites (N-methyl/N-ethyl adjacent to an activating group) is 1. The van der Waals surface area contributed by atoms with E-state index in [0.29, 0.717) is 42.5 Å². The van der Waals surface area contributed by atoms with E-state index in [1.165, 1.54) is 45.7 Å². The average Bonchev–Trinajstić information content (AvgIpc) is 3.43. The molecule has 1 N–H and O–H groups in total. The van der Waals surface area contributed by atoms with E-state index >= 15 is 0 Å². The molecule has 0 aromatic heterocycles. The summed E-state index contributed by atoms with van der Waals surface area (Å²) in [5.41, 5.74) is 2.18. The summed E-state index contributed by atoms with van der Waals surface area (Å²) in [4.78, 5) is 6.45. The van der Waals surface area contributed by atoms with Crippen LogP contribution in [0.2, 0.25) is 5.02 Å². The number of aliphatic imine (C=N–C) groups is 1. The van der Waals surface area contributed by atoms with Crippen LogP contribution in [0.25, 0.3) is 0 Å². The number of sulfonamides is 2. The second-order valence-electron chi connectivity index (χ2n) is 10.3. The van der Waals surface area contributed by atoms with Gasteiger partial charge in [0.15, 0.2) is 0 Å². The molecule has 14 heteroatoms. The Morgan fingerprint density at radius 3 is 2.26 bits per heavy atom. The van der Waals surface area contributed by atoms with Gasteiger partial charge in [0.05, 0.1) is 29.4 Å². The first-order chi connectivity index (χ1) is 20.5. The van der Waals surface area contributed by atoms with Gasteiger partial charge in [-0.15, -0.1) is 0 Å². The third kappa shape index (κ3) is 7.60. The number of guanidine groups is 1. The summed E-state index contributed by atoms with van der Waals surface area (Å²) in [5.74, 6) is -1.12. The SMILES string of the molecule is CN1CCN(S(=O)(=O)CCN=C(NS(=O)(=O)c2ccc(Cl)cc2)N2C[C@H](c3ccccc3)C(c3ccc(F)cc3)=N2)CC1. The molecule has 2 aliphatic rings. The van der Waals surface area contributed by atoms with Crippen LogP contribution in [0.4, 0.5) is 4.39 Å². The summed E-state index contributed by atoms with van der Waals surface area (Å²) < 4.78 is 70.6. The maximum atomic E-state index is 13.8. The van der Waals surface area contributed by atoms with Gasteiger partial charge in [0.25, 0.3) is 10.0 Å². The van der Waals surface area contributed by atoms with E-state index in [1.807, 2.05) is 37.4 Å². The lowest BCUT2D eigenvalue weighted by Gasteiger charge is -2.31. The van der Waals surface area contributed by atoms with Crippen LogP contribution in [0.1, 0.15) is 17.0 Å². The van der Waals surface area contributed by atoms with Crippen LogP contribution in [-0.4, -0.2) is 94.8 Å². The Labute approximate surface area is 256 Å². The minimum atomic E-state index is -4.14. The molecule has 0 aliphatic carbocycles. The lowest BCUT2D eigenvalue weighted by atomic mass is 9.91. The van der Waals surface area contributed by atoms with E-state index < -0.39 is 25.9 Å². The third-order valence-corrected chi connectivity index (χ3v) is 10.8. The molecule has 10 nitrogen and oxygen atoms in total. The molecule has 0 spiro atoms. The Hall–Kier alpha value is -3.36. The summed E-state index contributed by atoms with van der Waals surface area (Å²) >= 11 is 5.96. The molecule has 1 atom stereocenters. The van der Waals surface area contributed by atoms with Gasteiger partial charge >= 0.3 is 0 Å². The molecule has 43 heavy (non-hydrogen) atoms. The maximum Gasteiger partial charge on any atom is 0.264 e. The van der Waals surface area contributed by atoms with Gasteiger partial charge in [-0.2, -0.15) is 9.41 Å². The van der Waals surface area contributed by atoms with Crippen molar-refractivity contribution < 1.29 is 21.2 Å². The molecule has 5 rings (SSSR count). The van der Waals surface area contributed by atoms with E-state index in [1.54, 1.807) is 12.1 Å². The molecule has 0 unspecified atom stereocenters. The van der Waals surface area contributed by atoms with Gasteiger partial charge in [-0.05, 0) is 54.6 Å². The summed E-state index contributed by atoms with van der Waals surface area (Å²) in [6.45, 7) is 2.04. The number of hydrogen-bond donors (Lipinski definition) is 1. The Bertz CT molecular complexity index is 1700. The average molecular weight is 647 g/mol. The van der Waals surface area contributed by atoms with Crippen LogP contribution in [-0.2, 0) is 20.0 Å². The van der Waals surface area contributed by atoms with Crippen molar-refractivity contribution in [1.82, 2.24) is 18.9 Å². The summed E-state index contributed by atoms with van der Waals surface area (Å²) in [6, 6.07) is 21.1. The molecule has 1 fully saturated rings. The highest BCUT2D eigenvalue weighted by Gasteiger charge is 2.33. The Morgan fingerprint density at radius 2 is 1.60 bits per heavy atom. The van der Waals surface area contributed by atoms with E-state index in [9.17, 15) is 21.2 Å². The quantitative estimate of drug-likeness (QED) is 0.297. The molecule has 1 saturated heterocycles. The number of hydrazone groups is 1. The lowest BCUT2D eigenvalue weighted by molar-refractivity contribution is 0.222. The number of halogens is 2. The third-order valence-electron chi connectivity index (χ3n) is 7.32. The predicted molar refractivity (Wildman–Crippen MR) is 166 cm³/mol. The zero-order chi connectivity index (χ0) is 30.6. The van der Waals surface area contributed by atoms with Crippen molar-refractivity contribution in [2.45, 2.75) is 10.8 Å². The van der Waals surface area contributed by atoms with E-state index in [2.05, 4.69) is 14.6 Å². The summed E-state index contributed by atoms with van der Waals surface area (Å²) in [5, 5.41) is 6.53. The van der Waals surface area contributed by atoms with Gasteiger partial charge < -0.3 is 4.90 Å². The van der Waals surface area contributed by atoms with Crippen LogP contribution in [0, 0.1) is 5.82 Å². The van der Waals surface area contributed by atoms with Crippen molar-refractivity contribution in [3.05, 3.63) is 101 Å². The molecule has 0 amide bonds. The molecular weight excluding hydrogens is 615 g/mol. The van der Waals surface area contributed by atoms with Gasteiger partial charge in [-0.3, -0.25) is 0 Å². The zero-order valence-corrected chi connectivity index (χ0v) is 25.9. The van der Waals surface area contributed by atoms with Gasteiger partial charge in [0.2, 0.25) is 16.0 Å². The van der Waals surface area contributed by atoms with Crippen molar-refractivity contribution in [1.29, 1.82) is 0 Å². The van der Waals surface area contributed by atoms with Crippen molar-refractivity contribution in [2.75, 3.05) is 52.1 Å². The minimum Gasteiger partial charge on any atom is -0.304 e. The van der Waals surface area contributed by atoms with Crippen LogP contribution in [0.5, 0.6) is 0 Å². The summed E-state index contributed by atoms with van der Waals surface area (Å²) in [7, 11) is -5.82. The number of nitrogens with zero attached hydrogens (tertiary/aromatic N) is 5. The van der Waals surface area contributed by atoms with E-state index in [-0.39, 0.29) is 35.6 Å². The molecule has 2 heterocycles. The van der Waals surface area contributed by atoms with Gasteiger partial charge in [0.1, 0.15) is 5.82 Å². The Kier molecular flexibility index (Phi) is 9.47. The van der Waals surface area contributed by atoms with Crippen LogP contribution in [0.15, 0.2) is 93.9 Å². The molecule has 2 aliphatic heterocycles. The minimum absolute atomic E-state index is 0.0452. The number of hydrogen-bond acceptors (Lipinski definition) is 7. The molecular formula is C29H32ClFN6O4S2. The first kappa shape index (κ1) is 31.1. The molecule has 3 aromatic carbocycles. The first-order valence-corrected chi connectivity index (χ1v) is 17.1. The fourth-order valence-corrected chi connectivity index (χ4v) is 7.33. The largest absolute Gasteiger partial charge is 0.304 e. The van der Waals surface area contributed by atoms with Crippen LogP contribution >= 0.6 is 11.6 Å². The monoisotopic (exact) mass is 646 g/mol. The molecule has 0 bridgehead atoms. The van der Waals surface area contributed by atoms with Gasteiger partial charge in [-0.1, -0.05) is 54.1 Å². The van der Waals surface area contributed by atoms with E-state index in [4.69, 9.17) is 16.7 Å². The smallest absolute Gasteiger partial charge is 0.264 e. The summed E-state index contributed by atoms with van der Waals surface area (Å²) in [6.07, 6.45) is 0. The number of benzene rings is 3. The zero-order valence-electron chi connectivity index (χ0n) is 23.5. The predicted octanol–water partition coefficient (Wildman–Crippen LogP) is 3.19. The van der Waals surface area contributed by atoms with Crippen molar-refractivity contribution in [2.24, 2.45) is 10.1 Å². The normalized spacial score (nSPS) is 19.0. The topological polar surface area (TPSA) is 115 Å². The fourth-order valence-electron chi connectivity index (χ4n) is 4.88. The Morgan fingerprint density at radius 1 is 0.953 bits per heavy atom. The number of rotatable bonds is 8. The van der Waals surface area contributed by atoms with E-state index in [0.717, 1.165) is 5.56 Å². The second-order valence-corrected chi connectivity index (χ2v) is 14.5. The standard InChI is InChI=1S/C29H32ClFN6O4S2/c1-35-16-18-36(19-17-35)42(38,39)20-15-32-29(34-43(40,41)26-13-9-24(30)10-14-26)37-21-27(22-5-3-2-4-6-22)28(33-37)23-7-11-25(31)12-8-23/h2-14,27H,15-21H2,1H3,(H,32,34)/t27-/m1/s1. The van der Waals surface area contributed by atoms with Crippen LogP contribution < -0.4 is 4.72 Å². The first-order valence-electron chi connectivity index (χ1n) is 13.7. The highest BCUT2D eigenvalue weighted by molar-refractivity contribution is 7.90. The molecule has 0 saturated carbocycles. The van der Waals surface area contributed by atoms with Crippen LogP contribution in [0.3, 0.4) is 0 Å². The lowest BCUT2D eigenvalue weighted by Crippen LogP contribution is -2.48. The van der Waals surface area contributed by atoms with Crippen molar-refractivity contribution in [3.8, 4) is 0 Å². The second kappa shape index (κ2) is 13.1. The molecule has 0 radical (unpaired) electrons. The number of piperazine rings is 1. The molecule has 228 valence electrons. The van der Waals surface area contributed by atoms with Gasteiger partial charge in [-0.25, -0.2) is 35.9 Å². The highest BCUT2D eigenvalue weighted by atomic mass is 35.5. The maximum absolute atomic E-state index is 13.8. The van der Waals surface area contributed by atoms with Gasteiger partial charge in [0, 0.05) is 37.1 Å². The Balaban J connectivity index is 1.48. The molecule has 3 aromatic rings. The fraction of sp³-hybridized carbons (Fsp3) is 0.310.